The zero-order valence-electron chi connectivity index (χ0n) is 11.6. The van der Waals surface area contributed by atoms with E-state index in [2.05, 4.69) is 0 Å². The first-order valence-corrected chi connectivity index (χ1v) is 6.78. The van der Waals surface area contributed by atoms with Gasteiger partial charge in [0.25, 0.3) is 5.91 Å². The molecule has 1 atom stereocenters. The molecule has 3 rings (SSSR count). The molecule has 2 aromatic rings. The molecule has 0 aliphatic carbocycles. The molecule has 0 aromatic heterocycles. The third kappa shape index (κ3) is 2.29. The van der Waals surface area contributed by atoms with Gasteiger partial charge in [0.05, 0.1) is 6.54 Å². The number of anilines is 1. The number of carboxylic acids is 1. The molecule has 0 saturated carbocycles. The number of amides is 1. The molecule has 1 aliphatic heterocycles. The van der Waals surface area contributed by atoms with E-state index in [9.17, 15) is 14.7 Å². The van der Waals surface area contributed by atoms with E-state index in [4.69, 9.17) is 0 Å². The molecule has 0 saturated heterocycles. The van der Waals surface area contributed by atoms with Gasteiger partial charge in [-0.15, -0.1) is 0 Å². The van der Waals surface area contributed by atoms with Gasteiger partial charge in [0.15, 0.2) is 0 Å². The quantitative estimate of drug-likeness (QED) is 0.859. The van der Waals surface area contributed by atoms with E-state index in [0.717, 1.165) is 16.8 Å². The van der Waals surface area contributed by atoms with Crippen LogP contribution in [0.25, 0.3) is 0 Å². The smallest absolute Gasteiger partial charge is 0.258 e. The summed E-state index contributed by atoms with van der Waals surface area (Å²) in [6.07, 6.45) is 0. The van der Waals surface area contributed by atoms with Crippen LogP contribution < -0.4 is 10.0 Å². The van der Waals surface area contributed by atoms with Crippen LogP contribution in [-0.2, 0) is 11.3 Å². The van der Waals surface area contributed by atoms with Gasteiger partial charge in [0, 0.05) is 23.1 Å². The van der Waals surface area contributed by atoms with Crippen LogP contribution in [0.1, 0.15) is 34.3 Å². The van der Waals surface area contributed by atoms with Crippen molar-refractivity contribution in [1.29, 1.82) is 0 Å². The number of nitrogens with zero attached hydrogens (tertiary/aromatic N) is 1. The highest BCUT2D eigenvalue weighted by atomic mass is 16.4. The largest absolute Gasteiger partial charge is 0.550 e. The molecule has 1 heterocycles. The van der Waals surface area contributed by atoms with Crippen molar-refractivity contribution in [3.05, 3.63) is 65.2 Å². The van der Waals surface area contributed by atoms with Crippen molar-refractivity contribution < 1.29 is 14.7 Å². The average Bonchev–Trinajstić information content (AvgIpc) is 2.84. The molecule has 2 aromatic carbocycles. The Bertz CT molecular complexity index is 706. The maximum absolute atomic E-state index is 12.3. The van der Waals surface area contributed by atoms with Gasteiger partial charge in [-0.25, -0.2) is 0 Å². The Morgan fingerprint density at radius 2 is 1.81 bits per heavy atom. The molecule has 0 unspecified atom stereocenters. The minimum atomic E-state index is -1.10. The molecule has 4 nitrogen and oxygen atoms in total. The average molecular weight is 280 g/mol. The molecule has 0 bridgehead atoms. The lowest BCUT2D eigenvalue weighted by atomic mass is 10.0. The number of benzene rings is 2. The number of hydrogen-bond donors (Lipinski definition) is 0. The normalized spacial score (nSPS) is 14.9. The van der Waals surface area contributed by atoms with Crippen LogP contribution in [-0.4, -0.2) is 11.9 Å². The number of carbonyl (C=O) groups is 2. The lowest BCUT2D eigenvalue weighted by Gasteiger charge is -2.18. The maximum atomic E-state index is 12.3. The highest BCUT2D eigenvalue weighted by Crippen LogP contribution is 2.29. The fourth-order valence-corrected chi connectivity index (χ4v) is 2.54. The first-order valence-electron chi connectivity index (χ1n) is 6.78. The van der Waals surface area contributed by atoms with E-state index in [1.165, 1.54) is 0 Å². The monoisotopic (exact) mass is 280 g/mol. The van der Waals surface area contributed by atoms with Crippen LogP contribution >= 0.6 is 0 Å². The summed E-state index contributed by atoms with van der Waals surface area (Å²) in [6, 6.07) is 14.5. The number of fused-ring (bicyclic) bond motifs is 1. The first-order chi connectivity index (χ1) is 10.1. The van der Waals surface area contributed by atoms with Crippen molar-refractivity contribution in [2.75, 3.05) is 4.90 Å². The van der Waals surface area contributed by atoms with Crippen molar-refractivity contribution in [2.24, 2.45) is 0 Å². The second-order valence-electron chi connectivity index (χ2n) is 5.18. The third-order valence-corrected chi connectivity index (χ3v) is 3.88. The van der Waals surface area contributed by atoms with Crippen LogP contribution in [0.4, 0.5) is 5.69 Å². The second-order valence-corrected chi connectivity index (χ2v) is 5.18. The van der Waals surface area contributed by atoms with Crippen LogP contribution in [0.15, 0.2) is 48.5 Å². The van der Waals surface area contributed by atoms with Gasteiger partial charge in [0.2, 0.25) is 0 Å². The van der Waals surface area contributed by atoms with E-state index in [1.807, 2.05) is 24.3 Å². The number of carbonyl (C=O) groups excluding carboxylic acids is 2. The van der Waals surface area contributed by atoms with Gasteiger partial charge >= 0.3 is 0 Å². The minimum Gasteiger partial charge on any atom is -0.550 e. The molecular weight excluding hydrogens is 266 g/mol. The highest BCUT2D eigenvalue weighted by molar-refractivity contribution is 6.09. The summed E-state index contributed by atoms with van der Waals surface area (Å²) in [6.45, 7) is 2.13. The number of rotatable bonds is 3. The SMILES string of the molecule is C[C@@H](C(=O)[O-])c1ccc(N2Cc3ccccc3C2=O)cc1. The molecule has 0 N–H and O–H groups in total. The van der Waals surface area contributed by atoms with Crippen LogP contribution in [0.5, 0.6) is 0 Å². The van der Waals surface area contributed by atoms with Gasteiger partial charge in [0.1, 0.15) is 0 Å². The van der Waals surface area contributed by atoms with E-state index in [1.54, 1.807) is 36.1 Å². The highest BCUT2D eigenvalue weighted by Gasteiger charge is 2.27. The summed E-state index contributed by atoms with van der Waals surface area (Å²) < 4.78 is 0. The Hall–Kier alpha value is -2.62. The van der Waals surface area contributed by atoms with E-state index in [0.29, 0.717) is 12.1 Å². The summed E-state index contributed by atoms with van der Waals surface area (Å²) in [5, 5.41) is 10.9. The Balaban J connectivity index is 1.87. The van der Waals surface area contributed by atoms with Gasteiger partial charge < -0.3 is 14.8 Å². The Kier molecular flexibility index (Phi) is 3.22. The summed E-state index contributed by atoms with van der Waals surface area (Å²) in [7, 11) is 0. The standard InChI is InChI=1S/C17H15NO3/c1-11(17(20)21)12-6-8-14(9-7-12)18-10-13-4-2-3-5-15(13)16(18)19/h2-9,11H,10H2,1H3,(H,20,21)/p-1/t11-/m1/s1. The maximum Gasteiger partial charge on any atom is 0.258 e. The summed E-state index contributed by atoms with van der Waals surface area (Å²) in [5.41, 5.74) is 3.17. The molecule has 0 fully saturated rings. The Labute approximate surface area is 122 Å². The van der Waals surface area contributed by atoms with Gasteiger partial charge in [-0.2, -0.15) is 0 Å². The third-order valence-electron chi connectivity index (χ3n) is 3.88. The topological polar surface area (TPSA) is 60.4 Å². The van der Waals surface area contributed by atoms with Gasteiger partial charge in [-0.3, -0.25) is 4.79 Å². The fraction of sp³-hybridized carbons (Fsp3) is 0.176. The van der Waals surface area contributed by atoms with Crippen LogP contribution in [0, 0.1) is 0 Å². The van der Waals surface area contributed by atoms with E-state index < -0.39 is 11.9 Å². The minimum absolute atomic E-state index is 0.0219. The van der Waals surface area contributed by atoms with Gasteiger partial charge in [-0.1, -0.05) is 37.3 Å². The Morgan fingerprint density at radius 3 is 2.43 bits per heavy atom. The van der Waals surface area contributed by atoms with Gasteiger partial charge in [-0.05, 0) is 29.3 Å². The Morgan fingerprint density at radius 1 is 1.14 bits per heavy atom. The van der Waals surface area contributed by atoms with Crippen molar-refractivity contribution in [3.8, 4) is 0 Å². The molecule has 1 amide bonds. The number of aliphatic carboxylic acids is 1. The number of hydrogen-bond acceptors (Lipinski definition) is 3. The molecular formula is C17H14NO3-. The molecule has 0 spiro atoms. The summed E-state index contributed by atoms with van der Waals surface area (Å²) in [5.74, 6) is -1.79. The van der Waals surface area contributed by atoms with Crippen molar-refractivity contribution in [3.63, 3.8) is 0 Å². The molecule has 106 valence electrons. The lowest BCUT2D eigenvalue weighted by molar-refractivity contribution is -0.307. The van der Waals surface area contributed by atoms with Crippen LogP contribution in [0.3, 0.4) is 0 Å². The fourth-order valence-electron chi connectivity index (χ4n) is 2.54. The molecule has 1 aliphatic rings. The lowest BCUT2D eigenvalue weighted by Crippen LogP contribution is -2.28. The number of carboxylic acid groups (broad SMARTS) is 1. The molecule has 0 radical (unpaired) electrons. The van der Waals surface area contributed by atoms with E-state index in [-0.39, 0.29) is 5.91 Å². The molecule has 4 heteroatoms. The van der Waals surface area contributed by atoms with E-state index >= 15 is 0 Å². The molecule has 21 heavy (non-hydrogen) atoms. The zero-order chi connectivity index (χ0) is 15.0. The first kappa shape index (κ1) is 13.4. The zero-order valence-corrected chi connectivity index (χ0v) is 11.6. The van der Waals surface area contributed by atoms with Crippen molar-refractivity contribution >= 4 is 17.6 Å². The van der Waals surface area contributed by atoms with Crippen molar-refractivity contribution in [1.82, 2.24) is 0 Å². The predicted molar refractivity (Wildman–Crippen MR) is 76.8 cm³/mol. The summed E-state index contributed by atoms with van der Waals surface area (Å²) >= 11 is 0. The van der Waals surface area contributed by atoms with Crippen molar-refractivity contribution in [2.45, 2.75) is 19.4 Å². The second kappa shape index (κ2) is 5.05. The predicted octanol–water partition coefficient (Wildman–Crippen LogP) is 1.70. The summed E-state index contributed by atoms with van der Waals surface area (Å²) in [4.78, 5) is 24.9. The van der Waals surface area contributed by atoms with Crippen LogP contribution in [0.2, 0.25) is 0 Å².